The number of aliphatic hydroxyl groups is 1. The molecule has 0 unspecified atom stereocenters. The van der Waals surface area contributed by atoms with E-state index in [2.05, 4.69) is 15.9 Å². The van der Waals surface area contributed by atoms with Crippen molar-refractivity contribution < 1.29 is 24.7 Å². The van der Waals surface area contributed by atoms with Crippen LogP contribution in [-0.2, 0) is 4.79 Å². The topological polar surface area (TPSA) is 130 Å². The van der Waals surface area contributed by atoms with E-state index < -0.39 is 29.4 Å². The molecule has 3 N–H and O–H groups in total. The lowest BCUT2D eigenvalue weighted by Gasteiger charge is -2.11. The number of carbonyl (C=O) groups excluding carboxylic acids is 1. The molecule has 1 aromatic rings. The van der Waals surface area contributed by atoms with Gasteiger partial charge in [0.15, 0.2) is 6.04 Å². The van der Waals surface area contributed by atoms with E-state index in [-0.39, 0.29) is 15.7 Å². The zero-order valence-corrected chi connectivity index (χ0v) is 11.0. The maximum Gasteiger partial charge on any atom is 0.328 e. The van der Waals surface area contributed by atoms with Gasteiger partial charge in [-0.05, 0) is 28.1 Å². The van der Waals surface area contributed by atoms with Gasteiger partial charge in [-0.1, -0.05) is 0 Å². The smallest absolute Gasteiger partial charge is 0.328 e. The van der Waals surface area contributed by atoms with Crippen molar-refractivity contribution in [2.75, 3.05) is 6.61 Å². The van der Waals surface area contributed by atoms with Gasteiger partial charge >= 0.3 is 5.97 Å². The van der Waals surface area contributed by atoms with Crippen molar-refractivity contribution in [2.45, 2.75) is 6.04 Å². The number of amides is 1. The highest BCUT2D eigenvalue weighted by atomic mass is 79.9. The number of halogens is 1. The quantitative estimate of drug-likeness (QED) is 0.532. The molecule has 0 bridgehead atoms. The third-order valence-corrected chi connectivity index (χ3v) is 2.86. The minimum atomic E-state index is -1.46. The zero-order valence-electron chi connectivity index (χ0n) is 9.37. The summed E-state index contributed by atoms with van der Waals surface area (Å²) in [6.07, 6.45) is 0. The van der Waals surface area contributed by atoms with Gasteiger partial charge in [-0.2, -0.15) is 0 Å². The van der Waals surface area contributed by atoms with Crippen molar-refractivity contribution in [2.24, 2.45) is 0 Å². The lowest BCUT2D eigenvalue weighted by atomic mass is 10.1. The molecular weight excluding hydrogens is 324 g/mol. The van der Waals surface area contributed by atoms with Gasteiger partial charge in [0, 0.05) is 11.6 Å². The number of nitrogens with one attached hydrogen (secondary N) is 1. The number of carboxylic acid groups (broad SMARTS) is 1. The Kier molecular flexibility index (Phi) is 4.95. The van der Waals surface area contributed by atoms with Crippen molar-refractivity contribution in [1.82, 2.24) is 5.32 Å². The van der Waals surface area contributed by atoms with Gasteiger partial charge in [-0.15, -0.1) is 0 Å². The average molecular weight is 333 g/mol. The summed E-state index contributed by atoms with van der Waals surface area (Å²) in [5, 5.41) is 30.2. The SMILES string of the molecule is O=C(N[C@H](CO)C(=O)O)c1ccc(Br)c([N+](=O)[O-])c1. The van der Waals surface area contributed by atoms with Gasteiger partial charge in [0.1, 0.15) is 0 Å². The number of benzene rings is 1. The largest absolute Gasteiger partial charge is 0.480 e. The molecule has 0 aliphatic carbocycles. The molecule has 19 heavy (non-hydrogen) atoms. The predicted molar refractivity (Wildman–Crippen MR) is 66.8 cm³/mol. The average Bonchev–Trinajstić information content (AvgIpc) is 2.35. The first-order valence-corrected chi connectivity index (χ1v) is 5.74. The highest BCUT2D eigenvalue weighted by Gasteiger charge is 2.21. The van der Waals surface area contributed by atoms with Crippen molar-refractivity contribution in [3.63, 3.8) is 0 Å². The lowest BCUT2D eigenvalue weighted by molar-refractivity contribution is -0.385. The van der Waals surface area contributed by atoms with Crippen LogP contribution in [0, 0.1) is 10.1 Å². The molecule has 0 saturated heterocycles. The molecule has 1 aromatic carbocycles. The number of hydrogen-bond acceptors (Lipinski definition) is 5. The Balaban J connectivity index is 2.97. The van der Waals surface area contributed by atoms with Crippen LogP contribution in [-0.4, -0.2) is 39.7 Å². The van der Waals surface area contributed by atoms with E-state index in [0.29, 0.717) is 0 Å². The fraction of sp³-hybridized carbons (Fsp3) is 0.200. The van der Waals surface area contributed by atoms with Crippen molar-refractivity contribution in [3.8, 4) is 0 Å². The molecule has 0 aliphatic heterocycles. The first-order valence-electron chi connectivity index (χ1n) is 4.95. The number of aliphatic carboxylic acids is 1. The van der Waals surface area contributed by atoms with Crippen LogP contribution in [0.4, 0.5) is 5.69 Å². The monoisotopic (exact) mass is 332 g/mol. The number of hydrogen-bond donors (Lipinski definition) is 3. The van der Waals surface area contributed by atoms with Crippen LogP contribution in [0.3, 0.4) is 0 Å². The van der Waals surface area contributed by atoms with E-state index >= 15 is 0 Å². The first kappa shape index (κ1) is 15.1. The third kappa shape index (κ3) is 3.73. The molecule has 0 aromatic heterocycles. The molecule has 102 valence electrons. The second-order valence-corrected chi connectivity index (χ2v) is 4.32. The fourth-order valence-corrected chi connectivity index (χ4v) is 1.61. The maximum atomic E-state index is 11.7. The zero-order chi connectivity index (χ0) is 14.6. The highest BCUT2D eigenvalue weighted by molar-refractivity contribution is 9.10. The summed E-state index contributed by atoms with van der Waals surface area (Å²) in [4.78, 5) is 32.3. The van der Waals surface area contributed by atoms with Crippen LogP contribution in [0.5, 0.6) is 0 Å². The van der Waals surface area contributed by atoms with Gasteiger partial charge in [-0.25, -0.2) is 4.79 Å². The summed E-state index contributed by atoms with van der Waals surface area (Å²) in [5.74, 6) is -2.22. The molecule has 1 rings (SSSR count). The maximum absolute atomic E-state index is 11.7. The molecule has 0 saturated carbocycles. The highest BCUT2D eigenvalue weighted by Crippen LogP contribution is 2.25. The van der Waals surface area contributed by atoms with E-state index in [1.165, 1.54) is 12.1 Å². The van der Waals surface area contributed by atoms with Crippen LogP contribution in [0.2, 0.25) is 0 Å². The molecule has 0 heterocycles. The van der Waals surface area contributed by atoms with E-state index in [0.717, 1.165) is 6.07 Å². The minimum Gasteiger partial charge on any atom is -0.480 e. The van der Waals surface area contributed by atoms with Crippen molar-refractivity contribution >= 4 is 33.5 Å². The number of rotatable bonds is 5. The van der Waals surface area contributed by atoms with Gasteiger partial charge in [-0.3, -0.25) is 14.9 Å². The molecule has 0 aliphatic rings. The number of nitrogens with zero attached hydrogens (tertiary/aromatic N) is 1. The summed E-state index contributed by atoms with van der Waals surface area (Å²) in [5.41, 5.74) is -0.391. The predicted octanol–water partition coefficient (Wildman–Crippen LogP) is 0.533. The van der Waals surface area contributed by atoms with Crippen LogP contribution in [0.25, 0.3) is 0 Å². The van der Waals surface area contributed by atoms with Gasteiger partial charge in [0.2, 0.25) is 0 Å². The summed E-state index contributed by atoms with van der Waals surface area (Å²) in [7, 11) is 0. The van der Waals surface area contributed by atoms with Crippen molar-refractivity contribution in [1.29, 1.82) is 0 Å². The van der Waals surface area contributed by atoms with E-state index in [1.807, 2.05) is 5.32 Å². The molecule has 1 amide bonds. The van der Waals surface area contributed by atoms with Crippen LogP contribution in [0.1, 0.15) is 10.4 Å². The standard InChI is InChI=1S/C10H9BrN2O6/c11-6-2-1-5(3-8(6)13(18)19)9(15)12-7(4-14)10(16)17/h1-3,7,14H,4H2,(H,12,15)(H,16,17)/t7-/m1/s1. The lowest BCUT2D eigenvalue weighted by Crippen LogP contribution is -2.43. The number of aliphatic hydroxyl groups excluding tert-OH is 1. The van der Waals surface area contributed by atoms with Crippen LogP contribution in [0.15, 0.2) is 22.7 Å². The third-order valence-electron chi connectivity index (χ3n) is 2.19. The van der Waals surface area contributed by atoms with Gasteiger partial charge < -0.3 is 15.5 Å². The summed E-state index contributed by atoms with van der Waals surface area (Å²) in [6.45, 7) is -0.778. The molecule has 9 heteroatoms. The van der Waals surface area contributed by atoms with E-state index in [1.54, 1.807) is 0 Å². The Morgan fingerprint density at radius 2 is 2.11 bits per heavy atom. The van der Waals surface area contributed by atoms with Gasteiger partial charge in [0.05, 0.1) is 16.0 Å². The van der Waals surface area contributed by atoms with Crippen LogP contribution >= 0.6 is 15.9 Å². The molecule has 0 fully saturated rings. The summed E-state index contributed by atoms with van der Waals surface area (Å²) in [6, 6.07) is 2.15. The van der Waals surface area contributed by atoms with Gasteiger partial charge in [0.25, 0.3) is 11.6 Å². The second kappa shape index (κ2) is 6.25. The second-order valence-electron chi connectivity index (χ2n) is 3.47. The fourth-order valence-electron chi connectivity index (χ4n) is 1.22. The Labute approximate surface area is 115 Å². The normalized spacial score (nSPS) is 11.7. The first-order chi connectivity index (χ1) is 8.86. The Hall–Kier alpha value is -2.00. The molecule has 0 radical (unpaired) electrons. The Morgan fingerprint density at radius 3 is 2.58 bits per heavy atom. The molecule has 8 nitrogen and oxygen atoms in total. The van der Waals surface area contributed by atoms with Crippen LogP contribution < -0.4 is 5.32 Å². The number of carboxylic acids is 1. The summed E-state index contributed by atoms with van der Waals surface area (Å²) >= 11 is 2.96. The van der Waals surface area contributed by atoms with E-state index in [9.17, 15) is 19.7 Å². The Bertz CT molecular complexity index is 533. The van der Waals surface area contributed by atoms with Crippen molar-refractivity contribution in [3.05, 3.63) is 38.3 Å². The number of carbonyl (C=O) groups is 2. The molecule has 1 atom stereocenters. The number of nitro groups is 1. The minimum absolute atomic E-state index is 0.0744. The Morgan fingerprint density at radius 1 is 1.47 bits per heavy atom. The molecular formula is C10H9BrN2O6. The summed E-state index contributed by atoms with van der Waals surface area (Å²) < 4.78 is 0.200. The number of nitro benzene ring substituents is 1. The van der Waals surface area contributed by atoms with E-state index in [4.69, 9.17) is 10.2 Å². The molecule has 0 spiro atoms.